The number of hydrogen-bond acceptors (Lipinski definition) is 3. The van der Waals surface area contributed by atoms with Crippen LogP contribution in [0.2, 0.25) is 0 Å². The van der Waals surface area contributed by atoms with Crippen molar-refractivity contribution in [3.63, 3.8) is 0 Å². The smallest absolute Gasteiger partial charge is 0.380 e. The average molecular weight is 192 g/mol. The maximum atomic E-state index is 10.7. The number of aliphatic carboxylic acids is 1. The molecule has 4 heteroatoms. The van der Waals surface area contributed by atoms with Crippen molar-refractivity contribution in [2.24, 2.45) is 0 Å². The molecule has 1 aromatic rings. The van der Waals surface area contributed by atoms with Gasteiger partial charge in [-0.15, -0.1) is 0 Å². The Morgan fingerprint density at radius 2 is 1.64 bits per heavy atom. The molecule has 72 valence electrons. The number of Topliss-reactive ketones (excluding diaryl/α,β-unsaturated/α-hetero) is 1. The van der Waals surface area contributed by atoms with Gasteiger partial charge in [0.15, 0.2) is 5.76 Å². The molecular formula is C10H8O4. The van der Waals surface area contributed by atoms with Crippen LogP contribution in [0, 0.1) is 0 Å². The number of carboxylic acids is 1. The highest BCUT2D eigenvalue weighted by molar-refractivity contribution is 6.39. The first-order valence-electron chi connectivity index (χ1n) is 3.84. The van der Waals surface area contributed by atoms with Gasteiger partial charge < -0.3 is 10.2 Å². The first-order chi connectivity index (χ1) is 6.61. The van der Waals surface area contributed by atoms with Crippen molar-refractivity contribution < 1.29 is 19.8 Å². The normalized spacial score (nSPS) is 11.0. The summed E-state index contributed by atoms with van der Waals surface area (Å²) in [6.07, 6.45) is 1.11. The Morgan fingerprint density at radius 1 is 1.07 bits per heavy atom. The molecule has 0 radical (unpaired) electrons. The van der Waals surface area contributed by atoms with E-state index in [1.165, 1.54) is 0 Å². The summed E-state index contributed by atoms with van der Waals surface area (Å²) in [6, 6.07) is 8.48. The maximum absolute atomic E-state index is 10.7. The van der Waals surface area contributed by atoms with Gasteiger partial charge >= 0.3 is 11.8 Å². The Labute approximate surface area is 80.1 Å². The van der Waals surface area contributed by atoms with Gasteiger partial charge in [-0.1, -0.05) is 30.3 Å². The summed E-state index contributed by atoms with van der Waals surface area (Å²) in [5, 5.41) is 17.4. The lowest BCUT2D eigenvalue weighted by Gasteiger charge is -1.94. The second-order valence-electron chi connectivity index (χ2n) is 2.57. The molecule has 0 unspecified atom stereocenters. The van der Waals surface area contributed by atoms with Crippen LogP contribution in [0.1, 0.15) is 5.56 Å². The Bertz CT molecular complexity index is 378. The molecule has 1 aromatic carbocycles. The van der Waals surface area contributed by atoms with Crippen molar-refractivity contribution in [3.8, 4) is 0 Å². The molecule has 0 aliphatic rings. The minimum absolute atomic E-state index is 0.569. The molecule has 14 heavy (non-hydrogen) atoms. The van der Waals surface area contributed by atoms with E-state index in [1.807, 2.05) is 0 Å². The van der Waals surface area contributed by atoms with E-state index < -0.39 is 17.5 Å². The summed E-state index contributed by atoms with van der Waals surface area (Å²) in [4.78, 5) is 20.9. The van der Waals surface area contributed by atoms with Gasteiger partial charge in [-0.25, -0.2) is 4.79 Å². The number of carbonyl (C=O) groups is 2. The molecule has 4 nitrogen and oxygen atoms in total. The van der Waals surface area contributed by atoms with Gasteiger partial charge in [0.25, 0.3) is 0 Å². The molecule has 0 aromatic heterocycles. The summed E-state index contributed by atoms with van der Waals surface area (Å²) in [5.74, 6) is -3.76. The van der Waals surface area contributed by atoms with Crippen LogP contribution in [0.25, 0.3) is 6.08 Å². The van der Waals surface area contributed by atoms with Crippen molar-refractivity contribution in [3.05, 3.63) is 41.7 Å². The number of carboxylic acid groups (broad SMARTS) is 1. The molecule has 0 fully saturated rings. The molecule has 0 saturated heterocycles. The molecule has 0 saturated carbocycles. The fourth-order valence-corrected chi connectivity index (χ4v) is 0.882. The lowest BCUT2D eigenvalue weighted by atomic mass is 10.2. The number of carbonyl (C=O) groups excluding carboxylic acids is 1. The SMILES string of the molecule is O=C(O)C(=O)C(O)=Cc1ccccc1. The van der Waals surface area contributed by atoms with Crippen LogP contribution < -0.4 is 0 Å². The Morgan fingerprint density at radius 3 is 2.14 bits per heavy atom. The van der Waals surface area contributed by atoms with E-state index in [2.05, 4.69) is 0 Å². The standard InChI is InChI=1S/C10H8O4/c11-8(9(12)10(13)14)6-7-4-2-1-3-5-7/h1-6,11H,(H,13,14). The van der Waals surface area contributed by atoms with Crippen LogP contribution in [0.5, 0.6) is 0 Å². The molecule has 0 amide bonds. The second kappa shape index (κ2) is 4.23. The second-order valence-corrected chi connectivity index (χ2v) is 2.57. The van der Waals surface area contributed by atoms with Gasteiger partial charge in [-0.2, -0.15) is 0 Å². The van der Waals surface area contributed by atoms with Crippen molar-refractivity contribution >= 4 is 17.8 Å². The van der Waals surface area contributed by atoms with Gasteiger partial charge in [0.1, 0.15) is 0 Å². The largest absolute Gasteiger partial charge is 0.504 e. The first kappa shape index (κ1) is 9.98. The average Bonchev–Trinajstić information content (AvgIpc) is 2.18. The van der Waals surface area contributed by atoms with E-state index in [0.29, 0.717) is 5.56 Å². The van der Waals surface area contributed by atoms with Gasteiger partial charge in [-0.05, 0) is 11.6 Å². The van der Waals surface area contributed by atoms with Crippen LogP contribution in [0.4, 0.5) is 0 Å². The van der Waals surface area contributed by atoms with E-state index in [1.54, 1.807) is 30.3 Å². The summed E-state index contributed by atoms with van der Waals surface area (Å²) < 4.78 is 0. The number of aliphatic hydroxyl groups excluding tert-OH is 1. The first-order valence-corrected chi connectivity index (χ1v) is 3.84. The van der Waals surface area contributed by atoms with E-state index in [-0.39, 0.29) is 0 Å². The zero-order valence-corrected chi connectivity index (χ0v) is 7.18. The molecule has 1 rings (SSSR count). The quantitative estimate of drug-likeness (QED) is 0.429. The fraction of sp³-hybridized carbons (Fsp3) is 0. The molecule has 0 aliphatic carbocycles. The predicted molar refractivity (Wildman–Crippen MR) is 49.7 cm³/mol. The highest BCUT2D eigenvalue weighted by atomic mass is 16.4. The summed E-state index contributed by atoms with van der Waals surface area (Å²) >= 11 is 0. The molecule has 0 bridgehead atoms. The lowest BCUT2D eigenvalue weighted by Crippen LogP contribution is -2.14. The van der Waals surface area contributed by atoms with E-state index >= 15 is 0 Å². The minimum Gasteiger partial charge on any atom is -0.504 e. The number of ketones is 1. The molecule has 0 spiro atoms. The maximum Gasteiger partial charge on any atom is 0.380 e. The minimum atomic E-state index is -1.67. The van der Waals surface area contributed by atoms with Crippen LogP contribution in [0.3, 0.4) is 0 Å². The van der Waals surface area contributed by atoms with E-state index in [9.17, 15) is 9.59 Å². The number of hydrogen-bond donors (Lipinski definition) is 2. The van der Waals surface area contributed by atoms with Crippen molar-refractivity contribution in [1.29, 1.82) is 0 Å². The number of aliphatic hydroxyl groups is 1. The Balaban J connectivity index is 2.90. The van der Waals surface area contributed by atoms with Gasteiger partial charge in [0.05, 0.1) is 0 Å². The van der Waals surface area contributed by atoms with Gasteiger partial charge in [0, 0.05) is 0 Å². The van der Waals surface area contributed by atoms with Crippen molar-refractivity contribution in [2.45, 2.75) is 0 Å². The van der Waals surface area contributed by atoms with Crippen molar-refractivity contribution in [1.82, 2.24) is 0 Å². The zero-order valence-electron chi connectivity index (χ0n) is 7.18. The molecular weight excluding hydrogens is 184 g/mol. The predicted octanol–water partition coefficient (Wildman–Crippen LogP) is 1.24. The molecule has 2 N–H and O–H groups in total. The molecule has 0 heterocycles. The third kappa shape index (κ3) is 2.45. The van der Waals surface area contributed by atoms with E-state index in [0.717, 1.165) is 6.08 Å². The van der Waals surface area contributed by atoms with E-state index in [4.69, 9.17) is 10.2 Å². The van der Waals surface area contributed by atoms with Gasteiger partial charge in [0.2, 0.25) is 0 Å². The zero-order chi connectivity index (χ0) is 10.6. The highest BCUT2D eigenvalue weighted by Gasteiger charge is 2.16. The Hall–Kier alpha value is -2.10. The van der Waals surface area contributed by atoms with Crippen LogP contribution in [-0.4, -0.2) is 22.0 Å². The Kier molecular flexibility index (Phi) is 3.01. The molecule has 0 aliphatic heterocycles. The summed E-state index contributed by atoms with van der Waals surface area (Å²) in [5.41, 5.74) is 0.569. The van der Waals surface area contributed by atoms with Crippen molar-refractivity contribution in [2.75, 3.05) is 0 Å². The monoisotopic (exact) mass is 192 g/mol. The summed E-state index contributed by atoms with van der Waals surface area (Å²) in [7, 11) is 0. The number of benzene rings is 1. The highest BCUT2D eigenvalue weighted by Crippen LogP contribution is 2.05. The third-order valence-corrected chi connectivity index (χ3v) is 1.53. The summed E-state index contributed by atoms with van der Waals surface area (Å²) in [6.45, 7) is 0. The topological polar surface area (TPSA) is 74.6 Å². The fourth-order valence-electron chi connectivity index (χ4n) is 0.882. The number of rotatable bonds is 3. The molecule has 0 atom stereocenters. The lowest BCUT2D eigenvalue weighted by molar-refractivity contribution is -0.148. The van der Waals surface area contributed by atoms with Crippen LogP contribution >= 0.6 is 0 Å². The van der Waals surface area contributed by atoms with Crippen LogP contribution in [-0.2, 0) is 9.59 Å². The van der Waals surface area contributed by atoms with Crippen LogP contribution in [0.15, 0.2) is 36.1 Å². The third-order valence-electron chi connectivity index (χ3n) is 1.53. The van der Waals surface area contributed by atoms with Gasteiger partial charge in [-0.3, -0.25) is 4.79 Å².